The van der Waals surface area contributed by atoms with E-state index in [4.69, 9.17) is 9.47 Å². The Bertz CT molecular complexity index is 1260. The topological polar surface area (TPSA) is 120 Å². The van der Waals surface area contributed by atoms with Crippen LogP contribution in [0, 0.1) is 0 Å². The first-order chi connectivity index (χ1) is 17.5. The van der Waals surface area contributed by atoms with Crippen LogP contribution in [-0.4, -0.2) is 47.5 Å². The fraction of sp³-hybridized carbons (Fsp3) is 0.375. The van der Waals surface area contributed by atoms with Gasteiger partial charge in [-0.15, -0.1) is 21.5 Å². The average molecular weight is 547 g/mol. The number of fused-ring (bicyclic) bond motifs is 1. The molecule has 0 atom stereocenters. The quantitative estimate of drug-likeness (QED) is 0.166. The summed E-state index contributed by atoms with van der Waals surface area (Å²) in [5.41, 5.74) is 1.89. The highest BCUT2D eigenvalue weighted by Gasteiger charge is 2.26. The number of nitrogens with one attached hydrogen (secondary N) is 2. The van der Waals surface area contributed by atoms with E-state index in [1.165, 1.54) is 41.5 Å². The molecule has 12 heteroatoms. The van der Waals surface area contributed by atoms with Crippen molar-refractivity contribution in [1.82, 2.24) is 10.2 Å². The maximum Gasteiger partial charge on any atom is 0.341 e. The van der Waals surface area contributed by atoms with E-state index in [0.29, 0.717) is 31.3 Å². The van der Waals surface area contributed by atoms with Gasteiger partial charge in [0.2, 0.25) is 11.0 Å². The van der Waals surface area contributed by atoms with Gasteiger partial charge in [0.25, 0.3) is 5.91 Å². The molecule has 0 aliphatic heterocycles. The van der Waals surface area contributed by atoms with Crippen LogP contribution in [0.1, 0.15) is 57.3 Å². The van der Waals surface area contributed by atoms with E-state index in [9.17, 15) is 14.4 Å². The molecule has 0 fully saturated rings. The first-order valence-electron chi connectivity index (χ1n) is 11.5. The monoisotopic (exact) mass is 546 g/mol. The molecule has 3 aromatic rings. The van der Waals surface area contributed by atoms with Gasteiger partial charge in [-0.1, -0.05) is 41.7 Å². The zero-order valence-corrected chi connectivity index (χ0v) is 22.4. The minimum Gasteiger partial charge on any atom is -0.496 e. The second kappa shape index (κ2) is 12.3. The summed E-state index contributed by atoms with van der Waals surface area (Å²) in [5, 5.41) is 14.5. The van der Waals surface area contributed by atoms with Gasteiger partial charge in [0.15, 0.2) is 4.34 Å². The van der Waals surface area contributed by atoms with Gasteiger partial charge < -0.3 is 14.8 Å². The standard InChI is InChI=1S/C24H26N4O5S3/c1-3-33-22(31)19-15-10-5-4-6-12-17(15)35-21(19)25-18(29)13-34-24-28-27-23(36-24)26-20(30)14-9-7-8-11-16(14)32-2/h7-9,11H,3-6,10,12-13H2,1-2H3,(H,25,29)(H,26,27,30). The zero-order valence-electron chi connectivity index (χ0n) is 19.9. The van der Waals surface area contributed by atoms with Crippen LogP contribution in [0.25, 0.3) is 0 Å². The Morgan fingerprint density at radius 3 is 2.67 bits per heavy atom. The molecule has 2 N–H and O–H groups in total. The van der Waals surface area contributed by atoms with Crippen molar-refractivity contribution < 1.29 is 23.9 Å². The molecule has 0 unspecified atom stereocenters. The molecular weight excluding hydrogens is 520 g/mol. The maximum absolute atomic E-state index is 12.7. The number of amides is 2. The third-order valence-electron chi connectivity index (χ3n) is 5.46. The molecule has 2 heterocycles. The Kier molecular flexibility index (Phi) is 8.94. The minimum atomic E-state index is -0.389. The molecule has 0 bridgehead atoms. The van der Waals surface area contributed by atoms with Crippen LogP contribution in [-0.2, 0) is 22.4 Å². The first-order valence-corrected chi connectivity index (χ1v) is 14.1. The number of thioether (sulfide) groups is 1. The minimum absolute atomic E-state index is 0.0833. The molecule has 0 radical (unpaired) electrons. The number of aromatic nitrogens is 2. The van der Waals surface area contributed by atoms with Gasteiger partial charge in [0, 0.05) is 4.88 Å². The van der Waals surface area contributed by atoms with E-state index in [1.807, 2.05) is 0 Å². The molecule has 190 valence electrons. The van der Waals surface area contributed by atoms with Crippen molar-refractivity contribution in [2.45, 2.75) is 43.4 Å². The van der Waals surface area contributed by atoms with Crippen molar-refractivity contribution in [3.05, 3.63) is 45.8 Å². The summed E-state index contributed by atoms with van der Waals surface area (Å²) in [7, 11) is 1.50. The molecule has 2 aromatic heterocycles. The van der Waals surface area contributed by atoms with E-state index < -0.39 is 0 Å². The summed E-state index contributed by atoms with van der Waals surface area (Å²) >= 11 is 3.85. The van der Waals surface area contributed by atoms with Crippen LogP contribution in [0.3, 0.4) is 0 Å². The highest BCUT2D eigenvalue weighted by molar-refractivity contribution is 8.01. The van der Waals surface area contributed by atoms with Crippen LogP contribution in [0.15, 0.2) is 28.6 Å². The Morgan fingerprint density at radius 1 is 1.06 bits per heavy atom. The lowest BCUT2D eigenvalue weighted by atomic mass is 10.1. The summed E-state index contributed by atoms with van der Waals surface area (Å²) in [4.78, 5) is 39.1. The molecule has 4 rings (SSSR count). The van der Waals surface area contributed by atoms with Crippen molar-refractivity contribution in [3.8, 4) is 5.75 Å². The number of para-hydroxylation sites is 1. The number of benzene rings is 1. The number of hydrogen-bond acceptors (Lipinski definition) is 10. The summed E-state index contributed by atoms with van der Waals surface area (Å²) in [6.45, 7) is 2.05. The molecule has 2 amide bonds. The van der Waals surface area contributed by atoms with Crippen molar-refractivity contribution in [2.75, 3.05) is 30.1 Å². The maximum atomic E-state index is 12.7. The molecule has 36 heavy (non-hydrogen) atoms. The van der Waals surface area contributed by atoms with Crippen molar-refractivity contribution >= 4 is 62.4 Å². The van der Waals surface area contributed by atoms with Gasteiger partial charge in [-0.25, -0.2) is 4.79 Å². The van der Waals surface area contributed by atoms with Crippen molar-refractivity contribution in [3.63, 3.8) is 0 Å². The smallest absolute Gasteiger partial charge is 0.341 e. The first kappa shape index (κ1) is 26.1. The Hall–Kier alpha value is -2.96. The van der Waals surface area contributed by atoms with Gasteiger partial charge in [-0.2, -0.15) is 0 Å². The number of aryl methyl sites for hydroxylation is 1. The van der Waals surface area contributed by atoms with Gasteiger partial charge in [-0.3, -0.25) is 14.9 Å². The number of methoxy groups -OCH3 is 1. The number of rotatable bonds is 9. The van der Waals surface area contributed by atoms with E-state index in [2.05, 4.69) is 20.8 Å². The number of ether oxygens (including phenoxy) is 2. The van der Waals surface area contributed by atoms with Crippen molar-refractivity contribution in [1.29, 1.82) is 0 Å². The van der Waals surface area contributed by atoms with E-state index in [0.717, 1.165) is 42.5 Å². The average Bonchev–Trinajstić information content (AvgIpc) is 3.39. The molecule has 0 saturated heterocycles. The molecule has 0 spiro atoms. The van der Waals surface area contributed by atoms with E-state index in [1.54, 1.807) is 31.2 Å². The Balaban J connectivity index is 1.38. The van der Waals surface area contributed by atoms with Gasteiger partial charge >= 0.3 is 5.97 Å². The number of carbonyl (C=O) groups is 3. The number of nitrogens with zero attached hydrogens (tertiary/aromatic N) is 2. The Morgan fingerprint density at radius 2 is 1.86 bits per heavy atom. The lowest BCUT2D eigenvalue weighted by Crippen LogP contribution is -2.16. The largest absolute Gasteiger partial charge is 0.496 e. The van der Waals surface area contributed by atoms with Crippen molar-refractivity contribution in [2.24, 2.45) is 0 Å². The predicted octanol–water partition coefficient (Wildman–Crippen LogP) is 5.04. The fourth-order valence-corrected chi connectivity index (χ4v) is 6.70. The van der Waals surface area contributed by atoms with Gasteiger partial charge in [-0.05, 0) is 50.3 Å². The van der Waals surface area contributed by atoms with Crippen LogP contribution in [0.2, 0.25) is 0 Å². The van der Waals surface area contributed by atoms with E-state index in [-0.39, 0.29) is 30.1 Å². The second-order valence-corrected chi connectivity index (χ2v) is 11.2. The fourth-order valence-electron chi connectivity index (χ4n) is 3.86. The highest BCUT2D eigenvalue weighted by Crippen LogP contribution is 2.38. The molecular formula is C24H26N4O5S3. The van der Waals surface area contributed by atoms with Gasteiger partial charge in [0.1, 0.15) is 10.8 Å². The number of esters is 1. The number of anilines is 2. The number of thiophene rings is 1. The molecule has 1 aliphatic rings. The summed E-state index contributed by atoms with van der Waals surface area (Å²) < 4.78 is 11.0. The second-order valence-electron chi connectivity index (χ2n) is 7.85. The summed E-state index contributed by atoms with van der Waals surface area (Å²) in [6, 6.07) is 6.89. The Labute approximate surface area is 221 Å². The lowest BCUT2D eigenvalue weighted by molar-refractivity contribution is -0.113. The molecule has 0 saturated carbocycles. The van der Waals surface area contributed by atoms with Crippen LogP contribution in [0.5, 0.6) is 5.75 Å². The molecule has 1 aliphatic carbocycles. The predicted molar refractivity (Wildman–Crippen MR) is 142 cm³/mol. The van der Waals surface area contributed by atoms with Crippen LogP contribution < -0.4 is 15.4 Å². The third-order valence-corrected chi connectivity index (χ3v) is 8.64. The number of hydrogen-bond donors (Lipinski definition) is 2. The highest BCUT2D eigenvalue weighted by atomic mass is 32.2. The SMILES string of the molecule is CCOC(=O)c1c(NC(=O)CSc2nnc(NC(=O)c3ccccc3OC)s2)sc2c1CCCCC2. The lowest BCUT2D eigenvalue weighted by Gasteiger charge is -2.08. The molecule has 1 aromatic carbocycles. The normalized spacial score (nSPS) is 12.8. The van der Waals surface area contributed by atoms with Crippen LogP contribution >= 0.6 is 34.4 Å². The van der Waals surface area contributed by atoms with Gasteiger partial charge in [0.05, 0.1) is 30.6 Å². The zero-order chi connectivity index (χ0) is 25.5. The summed E-state index contributed by atoms with van der Waals surface area (Å²) in [5.74, 6) is -0.461. The molecule has 9 nitrogen and oxygen atoms in total. The summed E-state index contributed by atoms with van der Waals surface area (Å²) in [6.07, 6.45) is 4.95. The number of carbonyl (C=O) groups excluding carboxylic acids is 3. The van der Waals surface area contributed by atoms with Crippen LogP contribution in [0.4, 0.5) is 10.1 Å². The third kappa shape index (κ3) is 6.23. The van der Waals surface area contributed by atoms with E-state index >= 15 is 0 Å².